The van der Waals surface area contributed by atoms with Crippen molar-refractivity contribution in [3.63, 3.8) is 0 Å². The van der Waals surface area contributed by atoms with Gasteiger partial charge in [-0.2, -0.15) is 0 Å². The third-order valence-electron chi connectivity index (χ3n) is 24.4. The molecule has 20 rings (SSSR count). The van der Waals surface area contributed by atoms with Crippen molar-refractivity contribution in [2.24, 2.45) is 11.8 Å². The standard InChI is InChI=1S/C62H44N4.C53H40N4/c1(5-50-25-33-63-34-26-50)46-9-17-56(18-10-46)60-42-54-41-55(43-60)45-61(44-54,57-19-11-47(12-20-57)2-6-51-27-35-64-36-28-51)62(60,58-21-13-48(14-22-58)3-7-52-29-37-65-38-30-52)59-23-15-49(16-24-59)4-8-53-31-39-66-40-32-53;1(5-45-25-33-54-34-26-45)41-9-17-49(18-10-41)53(50-19-11-42(12-20-50)2-6-46-27-35-55-36-28-46,51-21-13-43(14-22-51)3-7-47-29-37-56-38-30-47)52-23-15-44(16-24-52)4-8-48-31-39-57-40-32-48/h9-40,54-55H,41-45H2;1-40H. The van der Waals surface area contributed by atoms with Crippen molar-refractivity contribution in [1.29, 1.82) is 0 Å². The maximum atomic E-state index is 4.19. The molecule has 0 saturated heterocycles. The Hall–Kier alpha value is -15.8. The van der Waals surface area contributed by atoms with Crippen LogP contribution >= 0.6 is 0 Å². The third kappa shape index (κ3) is 17.3. The van der Waals surface area contributed by atoms with E-state index < -0.39 is 10.8 Å². The molecule has 123 heavy (non-hydrogen) atoms. The Morgan fingerprint density at radius 1 is 0.195 bits per heavy atom. The van der Waals surface area contributed by atoms with Crippen LogP contribution in [0.4, 0.5) is 0 Å². The Kier molecular flexibility index (Phi) is 23.3. The summed E-state index contributed by atoms with van der Waals surface area (Å²) in [6.07, 6.45) is 51.6. The topological polar surface area (TPSA) is 103 Å². The second-order valence-corrected chi connectivity index (χ2v) is 31.6. The lowest BCUT2D eigenvalue weighted by atomic mass is 9.29. The minimum Gasteiger partial charge on any atom is -0.265 e. The first kappa shape index (κ1) is 78.3. The van der Waals surface area contributed by atoms with Crippen LogP contribution < -0.4 is 0 Å². The highest BCUT2D eigenvalue weighted by Gasteiger charge is 2.73. The molecular formula is C115H84N8. The molecule has 8 aromatic heterocycles. The fraction of sp³-hybridized carbons (Fsp3) is 0.0957. The zero-order chi connectivity index (χ0) is 82.8. The average molecular weight is 1580 g/mol. The lowest BCUT2D eigenvalue weighted by Crippen LogP contribution is -2.72. The molecule has 584 valence electrons. The van der Waals surface area contributed by atoms with E-state index in [9.17, 15) is 0 Å². The number of hydrogen-bond acceptors (Lipinski definition) is 8. The second-order valence-electron chi connectivity index (χ2n) is 31.6. The van der Waals surface area contributed by atoms with Gasteiger partial charge in [0.05, 0.1) is 5.41 Å². The fourth-order valence-corrected chi connectivity index (χ4v) is 19.0. The number of hydrogen-bond donors (Lipinski definition) is 0. The molecule has 0 spiro atoms. The Balaban J connectivity index is 0.000000170. The number of pyridine rings is 8. The molecule has 4 aliphatic carbocycles. The Labute approximate surface area is 720 Å². The predicted molar refractivity (Wildman–Crippen MR) is 498 cm³/mol. The van der Waals surface area contributed by atoms with E-state index in [2.05, 4.69) is 330 Å². The molecule has 0 radical (unpaired) electrons. The van der Waals surface area contributed by atoms with E-state index in [1.54, 1.807) is 49.6 Å². The van der Waals surface area contributed by atoms with Gasteiger partial charge in [0.25, 0.3) is 0 Å². The minimum absolute atomic E-state index is 0.248. The fourth-order valence-electron chi connectivity index (χ4n) is 19.0. The van der Waals surface area contributed by atoms with E-state index in [1.807, 2.05) is 147 Å². The molecule has 0 atom stereocenters. The Morgan fingerprint density at radius 3 is 0.569 bits per heavy atom. The van der Waals surface area contributed by atoms with Gasteiger partial charge in [-0.1, -0.05) is 242 Å². The number of benzene rings is 8. The van der Waals surface area contributed by atoms with Gasteiger partial charge in [-0.3, -0.25) is 39.9 Å². The van der Waals surface area contributed by atoms with Crippen LogP contribution in [0.2, 0.25) is 0 Å². The monoisotopic (exact) mass is 1580 g/mol. The van der Waals surface area contributed by atoms with Crippen molar-refractivity contribution in [3.8, 4) is 47.4 Å². The molecule has 4 saturated carbocycles. The van der Waals surface area contributed by atoms with E-state index in [1.165, 1.54) is 50.9 Å². The van der Waals surface area contributed by atoms with E-state index in [0.717, 1.165) is 115 Å². The maximum Gasteiger partial charge on any atom is 0.0701 e. The normalized spacial score (nSPS) is 16.9. The molecule has 0 unspecified atom stereocenters. The van der Waals surface area contributed by atoms with Gasteiger partial charge in [-0.25, -0.2) is 0 Å². The van der Waals surface area contributed by atoms with Gasteiger partial charge in [0.15, 0.2) is 0 Å². The second kappa shape index (κ2) is 36.6. The van der Waals surface area contributed by atoms with E-state index in [0.29, 0.717) is 11.8 Å². The van der Waals surface area contributed by atoms with Crippen LogP contribution in [0.1, 0.15) is 166 Å². The molecule has 4 bridgehead atoms. The van der Waals surface area contributed by atoms with Gasteiger partial charge < -0.3 is 0 Å². The zero-order valence-corrected chi connectivity index (χ0v) is 67.8. The highest BCUT2D eigenvalue weighted by Crippen LogP contribution is 2.76. The van der Waals surface area contributed by atoms with Gasteiger partial charge in [0.1, 0.15) is 0 Å². The molecular weight excluding hydrogens is 1490 g/mol. The van der Waals surface area contributed by atoms with Crippen LogP contribution in [0, 0.1) is 59.2 Å². The predicted octanol–water partition coefficient (Wildman–Crippen LogP) is 23.6. The van der Waals surface area contributed by atoms with Crippen LogP contribution in [-0.4, -0.2) is 39.9 Å². The van der Waals surface area contributed by atoms with E-state index in [4.69, 9.17) is 0 Å². The molecule has 8 heterocycles. The van der Waals surface area contributed by atoms with Crippen molar-refractivity contribution in [2.75, 3.05) is 0 Å². The van der Waals surface area contributed by atoms with Crippen LogP contribution in [0.5, 0.6) is 0 Å². The molecule has 0 aliphatic heterocycles. The van der Waals surface area contributed by atoms with E-state index >= 15 is 0 Å². The number of rotatable bonds is 16. The summed E-state index contributed by atoms with van der Waals surface area (Å²) in [6.45, 7) is 0. The summed E-state index contributed by atoms with van der Waals surface area (Å²) < 4.78 is 0. The average Bonchev–Trinajstić information content (AvgIpc) is 0.647. The minimum atomic E-state index is -0.638. The van der Waals surface area contributed by atoms with E-state index in [-0.39, 0.29) is 10.8 Å². The van der Waals surface area contributed by atoms with Crippen molar-refractivity contribution in [1.82, 2.24) is 39.9 Å². The molecule has 16 aromatic rings. The first-order valence-corrected chi connectivity index (χ1v) is 41.7. The molecule has 8 aromatic carbocycles. The SMILES string of the molecule is C(#Cc1ccc(C23CC4CC(C2)CC(c2ccc(C#Cc5ccncc5)cc2)(C4)C3(c2ccc(C#Cc3ccncc3)cc2)c2ccc(C#Cc3ccncc3)cc2)cc1)c1ccncc1.C(=Cc1ccc(C(c2ccc(C=Cc3ccncc3)cc2)(c2ccc(C=Cc3ccncc3)cc2)c2ccc(C=Cc3ccncc3)cc2)cc1)c1ccncc1. The zero-order valence-electron chi connectivity index (χ0n) is 67.8. The number of aromatic nitrogens is 8. The molecule has 8 heteroatoms. The van der Waals surface area contributed by atoms with Crippen molar-refractivity contribution >= 4 is 48.6 Å². The summed E-state index contributed by atoms with van der Waals surface area (Å²) in [4.78, 5) is 33.4. The number of nitrogens with zero attached hydrogens (tertiary/aromatic N) is 8. The van der Waals surface area contributed by atoms with Crippen LogP contribution in [0.15, 0.2) is 390 Å². The summed E-state index contributed by atoms with van der Waals surface area (Å²) in [7, 11) is 0. The largest absolute Gasteiger partial charge is 0.265 e. The van der Waals surface area contributed by atoms with Gasteiger partial charge in [0.2, 0.25) is 0 Å². The quantitative estimate of drug-likeness (QED) is 0.0696. The van der Waals surface area contributed by atoms with Crippen LogP contribution in [0.25, 0.3) is 48.6 Å². The van der Waals surface area contributed by atoms with Crippen LogP contribution in [-0.2, 0) is 21.7 Å². The summed E-state index contributed by atoms with van der Waals surface area (Å²) in [6, 6.07) is 105. The molecule has 4 aliphatic rings. The van der Waals surface area contributed by atoms with Crippen LogP contribution in [0.3, 0.4) is 0 Å². The molecule has 4 fully saturated rings. The Morgan fingerprint density at radius 2 is 0.366 bits per heavy atom. The summed E-state index contributed by atoms with van der Waals surface area (Å²) in [5.41, 5.74) is 25.1. The smallest absolute Gasteiger partial charge is 0.0701 e. The van der Waals surface area contributed by atoms with Crippen molar-refractivity contribution in [2.45, 2.75) is 53.8 Å². The molecule has 0 N–H and O–H groups in total. The molecule has 0 amide bonds. The highest BCUT2D eigenvalue weighted by atomic mass is 14.8. The van der Waals surface area contributed by atoms with Crippen molar-refractivity contribution < 1.29 is 0 Å². The van der Waals surface area contributed by atoms with Crippen molar-refractivity contribution in [3.05, 3.63) is 524 Å². The van der Waals surface area contributed by atoms with Gasteiger partial charge >= 0.3 is 0 Å². The lowest BCUT2D eigenvalue weighted by Gasteiger charge is -2.74. The first-order valence-electron chi connectivity index (χ1n) is 41.7. The Bertz CT molecular complexity index is 6070. The van der Waals surface area contributed by atoms with Gasteiger partial charge in [-0.05, 0) is 279 Å². The summed E-state index contributed by atoms with van der Waals surface area (Å²) in [5, 5.41) is 0. The third-order valence-corrected chi connectivity index (χ3v) is 24.4. The van der Waals surface area contributed by atoms with Gasteiger partial charge in [0, 0.05) is 160 Å². The maximum absolute atomic E-state index is 4.19. The highest BCUT2D eigenvalue weighted by molar-refractivity contribution is 5.76. The molecule has 8 nitrogen and oxygen atoms in total. The first-order chi connectivity index (χ1) is 60.8. The summed E-state index contributed by atoms with van der Waals surface area (Å²) >= 11 is 0. The summed E-state index contributed by atoms with van der Waals surface area (Å²) in [5.74, 6) is 28.4. The van der Waals surface area contributed by atoms with Gasteiger partial charge in [-0.15, -0.1) is 0 Å². The lowest BCUT2D eigenvalue weighted by molar-refractivity contribution is -0.0904.